The Morgan fingerprint density at radius 1 is 1.16 bits per heavy atom. The molecular weight excluding hydrogens is 404 g/mol. The molecule has 2 aromatic rings. The molecule has 1 aliphatic carbocycles. The van der Waals surface area contributed by atoms with E-state index >= 15 is 0 Å². The Labute approximate surface area is 177 Å². The summed E-state index contributed by atoms with van der Waals surface area (Å²) in [6.07, 6.45) is 1.83. The maximum Gasteiger partial charge on any atom is 0.373 e. The van der Waals surface area contributed by atoms with Gasteiger partial charge in [0.1, 0.15) is 12.4 Å². The highest BCUT2D eigenvalue weighted by Gasteiger charge is 2.64. The predicted octanol–water partition coefficient (Wildman–Crippen LogP) is 2.25. The first-order valence-corrected chi connectivity index (χ1v) is 10.1. The lowest BCUT2D eigenvalue weighted by Gasteiger charge is -2.48. The molecule has 1 aromatic heterocycles. The molecule has 5 rings (SSSR count). The monoisotopic (exact) mass is 424 g/mol. The molecule has 2 aliphatic heterocycles. The fourth-order valence-corrected chi connectivity index (χ4v) is 4.43. The van der Waals surface area contributed by atoms with Gasteiger partial charge in [0, 0.05) is 18.9 Å². The zero-order valence-corrected chi connectivity index (χ0v) is 16.8. The van der Waals surface area contributed by atoms with Gasteiger partial charge in [-0.05, 0) is 37.1 Å². The van der Waals surface area contributed by atoms with Crippen molar-refractivity contribution in [1.82, 2.24) is 4.90 Å². The smallest absolute Gasteiger partial charge is 0.373 e. The van der Waals surface area contributed by atoms with E-state index < -0.39 is 17.6 Å². The molecule has 2 fully saturated rings. The topological polar surface area (TPSA) is 106 Å². The van der Waals surface area contributed by atoms with Gasteiger partial charge in [-0.2, -0.15) is 0 Å². The number of furan rings is 1. The van der Waals surface area contributed by atoms with Gasteiger partial charge in [0.25, 0.3) is 5.91 Å². The summed E-state index contributed by atoms with van der Waals surface area (Å²) in [5, 5.41) is 0. The molecule has 1 atom stereocenters. The van der Waals surface area contributed by atoms with Crippen LogP contribution in [0.3, 0.4) is 0 Å². The standard InChI is InChI=1S/C22H20N2O7/c1-29-20(27)17-9-8-14(31-17)12-30-21(28)22-11-10-18(25)24(22)16-5-3-2-4-15(16)19(26)23(22)13-6-7-13/h2-5,8-9,13H,6-7,10-12H2,1H3. The van der Waals surface area contributed by atoms with E-state index in [4.69, 9.17) is 9.15 Å². The summed E-state index contributed by atoms with van der Waals surface area (Å²) in [6, 6.07) is 9.64. The van der Waals surface area contributed by atoms with Gasteiger partial charge in [-0.15, -0.1) is 0 Å². The maximum atomic E-state index is 13.5. The number of amides is 2. The molecular formula is C22H20N2O7. The molecule has 1 saturated carbocycles. The highest BCUT2D eigenvalue weighted by atomic mass is 16.6. The second-order valence-electron chi connectivity index (χ2n) is 7.80. The third kappa shape index (κ3) is 2.83. The van der Waals surface area contributed by atoms with Crippen molar-refractivity contribution in [2.75, 3.05) is 12.0 Å². The number of methoxy groups -OCH3 is 1. The van der Waals surface area contributed by atoms with Crippen molar-refractivity contribution in [2.24, 2.45) is 0 Å². The molecule has 0 N–H and O–H groups in total. The minimum atomic E-state index is -1.51. The third-order valence-corrected chi connectivity index (χ3v) is 5.93. The van der Waals surface area contributed by atoms with E-state index in [1.54, 1.807) is 24.3 Å². The van der Waals surface area contributed by atoms with Crippen LogP contribution in [0.15, 0.2) is 40.8 Å². The average Bonchev–Trinajstić information content (AvgIpc) is 3.39. The molecule has 0 bridgehead atoms. The normalized spacial score (nSPS) is 22.2. The van der Waals surface area contributed by atoms with Crippen molar-refractivity contribution < 1.29 is 33.1 Å². The van der Waals surface area contributed by atoms with E-state index in [9.17, 15) is 19.2 Å². The van der Waals surface area contributed by atoms with Gasteiger partial charge in [0.15, 0.2) is 0 Å². The molecule has 1 aromatic carbocycles. The van der Waals surface area contributed by atoms with Gasteiger partial charge in [0.05, 0.1) is 18.4 Å². The SMILES string of the molecule is COC(=O)c1ccc(COC(=O)C23CCC(=O)N2c2ccccc2C(=O)N3C2CC2)o1. The maximum absolute atomic E-state index is 13.5. The fraction of sp³-hybridized carbons (Fsp3) is 0.364. The lowest BCUT2D eigenvalue weighted by molar-refractivity contribution is -0.159. The number of carbonyl (C=O) groups is 4. The summed E-state index contributed by atoms with van der Waals surface area (Å²) in [4.78, 5) is 54.2. The highest BCUT2D eigenvalue weighted by molar-refractivity contribution is 6.15. The Bertz CT molecular complexity index is 1100. The van der Waals surface area contributed by atoms with E-state index in [0.29, 0.717) is 11.3 Å². The second kappa shape index (κ2) is 6.97. The van der Waals surface area contributed by atoms with E-state index in [1.807, 2.05) is 0 Å². The largest absolute Gasteiger partial charge is 0.463 e. The van der Waals surface area contributed by atoms with Crippen molar-refractivity contribution in [3.8, 4) is 0 Å². The molecule has 0 radical (unpaired) electrons. The number of hydrogen-bond acceptors (Lipinski definition) is 7. The van der Waals surface area contributed by atoms with Crippen LogP contribution in [0.4, 0.5) is 5.69 Å². The van der Waals surface area contributed by atoms with Crippen molar-refractivity contribution in [3.63, 3.8) is 0 Å². The number of carbonyl (C=O) groups excluding carboxylic acids is 4. The van der Waals surface area contributed by atoms with E-state index in [0.717, 1.165) is 12.8 Å². The van der Waals surface area contributed by atoms with E-state index in [2.05, 4.69) is 4.74 Å². The number of hydrogen-bond donors (Lipinski definition) is 0. The zero-order chi connectivity index (χ0) is 21.8. The number of ether oxygens (including phenoxy) is 2. The molecule has 31 heavy (non-hydrogen) atoms. The van der Waals surface area contributed by atoms with Gasteiger partial charge in [-0.1, -0.05) is 12.1 Å². The number of rotatable bonds is 5. The van der Waals surface area contributed by atoms with Crippen molar-refractivity contribution in [1.29, 1.82) is 0 Å². The number of anilines is 1. The first kappa shape index (κ1) is 19.3. The first-order valence-electron chi connectivity index (χ1n) is 10.1. The first-order chi connectivity index (χ1) is 15.0. The lowest BCUT2D eigenvalue weighted by Crippen LogP contribution is -2.69. The number of benzene rings is 1. The summed E-state index contributed by atoms with van der Waals surface area (Å²) in [5.41, 5.74) is -0.682. The van der Waals surface area contributed by atoms with E-state index in [-0.39, 0.29) is 48.8 Å². The van der Waals surface area contributed by atoms with Gasteiger partial charge >= 0.3 is 11.9 Å². The van der Waals surface area contributed by atoms with Gasteiger partial charge in [-0.3, -0.25) is 14.5 Å². The Morgan fingerprint density at radius 3 is 2.68 bits per heavy atom. The van der Waals surface area contributed by atoms with Gasteiger partial charge < -0.3 is 18.8 Å². The van der Waals surface area contributed by atoms with Crippen LogP contribution in [0.5, 0.6) is 0 Å². The third-order valence-electron chi connectivity index (χ3n) is 5.93. The quantitative estimate of drug-likeness (QED) is 0.678. The predicted molar refractivity (Wildman–Crippen MR) is 105 cm³/mol. The Morgan fingerprint density at radius 2 is 1.94 bits per heavy atom. The van der Waals surface area contributed by atoms with Gasteiger partial charge in [0.2, 0.25) is 17.3 Å². The van der Waals surface area contributed by atoms with Crippen molar-refractivity contribution in [2.45, 2.75) is 44.0 Å². The summed E-state index contributed by atoms with van der Waals surface area (Å²) in [6.45, 7) is -0.242. The number of fused-ring (bicyclic) bond motifs is 3. The Hall–Kier alpha value is -3.62. The number of para-hydroxylation sites is 1. The molecule has 2 amide bonds. The summed E-state index contributed by atoms with van der Waals surface area (Å²) >= 11 is 0. The summed E-state index contributed by atoms with van der Waals surface area (Å²) in [5.74, 6) is -1.59. The molecule has 3 aliphatic rings. The molecule has 1 unspecified atom stereocenters. The average molecular weight is 424 g/mol. The van der Waals surface area contributed by atoms with Crippen LogP contribution in [-0.2, 0) is 25.7 Å². The fourth-order valence-electron chi connectivity index (χ4n) is 4.43. The molecule has 9 heteroatoms. The summed E-state index contributed by atoms with van der Waals surface area (Å²) in [7, 11) is 1.24. The van der Waals surface area contributed by atoms with Gasteiger partial charge in [-0.25, -0.2) is 9.59 Å². The molecule has 9 nitrogen and oxygen atoms in total. The van der Waals surface area contributed by atoms with Crippen LogP contribution in [-0.4, -0.2) is 47.5 Å². The molecule has 3 heterocycles. The Balaban J connectivity index is 1.49. The van der Waals surface area contributed by atoms with Crippen molar-refractivity contribution >= 4 is 29.4 Å². The van der Waals surface area contributed by atoms with Crippen LogP contribution in [0, 0.1) is 0 Å². The molecule has 0 spiro atoms. The molecule has 160 valence electrons. The van der Waals surface area contributed by atoms with Crippen molar-refractivity contribution in [3.05, 3.63) is 53.5 Å². The van der Waals surface area contributed by atoms with Crippen LogP contribution in [0.1, 0.15) is 52.4 Å². The second-order valence-corrected chi connectivity index (χ2v) is 7.80. The van der Waals surface area contributed by atoms with Crippen LogP contribution >= 0.6 is 0 Å². The highest BCUT2D eigenvalue weighted by Crippen LogP contribution is 2.49. The van der Waals surface area contributed by atoms with Crippen LogP contribution in [0.2, 0.25) is 0 Å². The zero-order valence-electron chi connectivity index (χ0n) is 16.8. The number of esters is 2. The van der Waals surface area contributed by atoms with E-state index in [1.165, 1.54) is 29.0 Å². The minimum Gasteiger partial charge on any atom is -0.463 e. The Kier molecular flexibility index (Phi) is 4.35. The minimum absolute atomic E-state index is 0.00855. The number of nitrogens with zero attached hydrogens (tertiary/aromatic N) is 2. The lowest BCUT2D eigenvalue weighted by atomic mass is 9.96. The molecule has 1 saturated heterocycles. The van der Waals surface area contributed by atoms with Crippen LogP contribution in [0.25, 0.3) is 0 Å². The van der Waals surface area contributed by atoms with Crippen LogP contribution < -0.4 is 4.90 Å². The summed E-state index contributed by atoms with van der Waals surface area (Å²) < 4.78 is 15.5.